The Hall–Kier alpha value is -5.36. The molecule has 1 amide bonds. The van der Waals surface area contributed by atoms with E-state index in [9.17, 15) is 19.1 Å². The fourth-order valence-electron chi connectivity index (χ4n) is 11.0. The number of hydrogen-bond donors (Lipinski definition) is 1. The summed E-state index contributed by atoms with van der Waals surface area (Å²) in [6, 6.07) is 4.65. The van der Waals surface area contributed by atoms with Crippen LogP contribution in [0.3, 0.4) is 0 Å². The number of anilines is 1. The normalized spacial score (nSPS) is 21.8. The van der Waals surface area contributed by atoms with Crippen LogP contribution in [0.15, 0.2) is 30.5 Å². The number of rotatable bonds is 21. The minimum absolute atomic E-state index is 0.0783. The molecule has 0 saturated carbocycles. The SMILES string of the molecule is C#Cc1c(F)ccc2cc(O)cc(-c3ncc4c(N5CC6CC[C@@H](C5)N6C(=O)OC(C)OC(=O)CCCCCCCCCCCCCCC)nc(OC[C@@]56CCCN5C[C@H](F)C6)nc4c3F)c12. The molecule has 0 radical (unpaired) electrons. The lowest BCUT2D eigenvalue weighted by molar-refractivity contribution is -0.166. The second kappa shape index (κ2) is 21.7. The van der Waals surface area contributed by atoms with Gasteiger partial charge in [-0.1, -0.05) is 96.0 Å². The highest BCUT2D eigenvalue weighted by Gasteiger charge is 2.50. The zero-order valence-electron chi connectivity index (χ0n) is 39.0. The van der Waals surface area contributed by atoms with E-state index in [0.29, 0.717) is 50.1 Å². The number of benzene rings is 2. The first-order chi connectivity index (χ1) is 32.5. The van der Waals surface area contributed by atoms with Gasteiger partial charge in [0.1, 0.15) is 41.4 Å². The van der Waals surface area contributed by atoms with Crippen LogP contribution in [-0.4, -0.2) is 105 Å². The molecule has 4 aliphatic heterocycles. The molecule has 4 aliphatic rings. The molecule has 0 aliphatic carbocycles. The van der Waals surface area contributed by atoms with Crippen molar-refractivity contribution in [1.29, 1.82) is 0 Å². The lowest BCUT2D eigenvalue weighted by Crippen LogP contribution is -2.56. The van der Waals surface area contributed by atoms with Crippen molar-refractivity contribution < 1.29 is 42.1 Å². The molecule has 4 aromatic rings. The first-order valence-corrected chi connectivity index (χ1v) is 24.7. The van der Waals surface area contributed by atoms with E-state index in [1.807, 2.05) is 4.90 Å². The van der Waals surface area contributed by atoms with Crippen molar-refractivity contribution >= 4 is 39.6 Å². The molecule has 4 fully saturated rings. The van der Waals surface area contributed by atoms with Gasteiger partial charge in [0, 0.05) is 56.5 Å². The van der Waals surface area contributed by atoms with Gasteiger partial charge in [-0.15, -0.1) is 6.42 Å². The Labute approximate surface area is 391 Å². The molecule has 2 bridgehead atoms. The van der Waals surface area contributed by atoms with Crippen molar-refractivity contribution in [1.82, 2.24) is 24.8 Å². The number of alkyl halides is 1. The third-order valence-corrected chi connectivity index (χ3v) is 14.4. The third kappa shape index (κ3) is 10.8. The molecule has 2 unspecified atom stereocenters. The second-order valence-corrected chi connectivity index (χ2v) is 19.2. The van der Waals surface area contributed by atoms with Gasteiger partial charge >= 0.3 is 18.1 Å². The first kappa shape index (κ1) is 48.1. The average molecular weight is 927 g/mol. The van der Waals surface area contributed by atoms with E-state index in [0.717, 1.165) is 38.6 Å². The lowest BCUT2D eigenvalue weighted by Gasteiger charge is -2.41. The summed E-state index contributed by atoms with van der Waals surface area (Å²) < 4.78 is 64.5. The van der Waals surface area contributed by atoms with Crippen molar-refractivity contribution in [2.75, 3.05) is 37.7 Å². The van der Waals surface area contributed by atoms with Gasteiger partial charge in [-0.2, -0.15) is 9.97 Å². The number of nitrogens with zero attached hydrogens (tertiary/aromatic N) is 6. The van der Waals surface area contributed by atoms with Gasteiger partial charge in [0.15, 0.2) is 5.82 Å². The van der Waals surface area contributed by atoms with Crippen molar-refractivity contribution in [3.63, 3.8) is 0 Å². The number of terminal acetylenes is 1. The minimum atomic E-state index is -1.06. The minimum Gasteiger partial charge on any atom is -0.508 e. The number of halogens is 3. The summed E-state index contributed by atoms with van der Waals surface area (Å²) in [7, 11) is 0. The van der Waals surface area contributed by atoms with Crippen LogP contribution in [0, 0.1) is 24.0 Å². The van der Waals surface area contributed by atoms with Crippen molar-refractivity contribution in [3.8, 4) is 35.4 Å². The maximum absolute atomic E-state index is 17.2. The molecule has 4 saturated heterocycles. The van der Waals surface area contributed by atoms with Crippen LogP contribution < -0.4 is 9.64 Å². The number of amides is 1. The van der Waals surface area contributed by atoms with Crippen LogP contribution in [0.5, 0.6) is 11.8 Å². The number of esters is 1. The van der Waals surface area contributed by atoms with Gasteiger partial charge in [0.05, 0.1) is 28.6 Å². The Kier molecular flexibility index (Phi) is 15.6. The smallest absolute Gasteiger partial charge is 0.413 e. The number of aromatic nitrogens is 3. The number of hydrogen-bond acceptors (Lipinski definition) is 11. The predicted molar refractivity (Wildman–Crippen MR) is 252 cm³/mol. The molecule has 2 aromatic carbocycles. The number of aromatic hydroxyl groups is 1. The molecule has 8 rings (SSSR count). The molecule has 67 heavy (non-hydrogen) atoms. The molecule has 0 spiro atoms. The highest BCUT2D eigenvalue weighted by atomic mass is 19.1. The Bertz CT molecular complexity index is 2440. The maximum atomic E-state index is 17.2. The largest absolute Gasteiger partial charge is 0.508 e. The molecule has 5 atom stereocenters. The van der Waals surface area contributed by atoms with Crippen LogP contribution in [0.2, 0.25) is 0 Å². The maximum Gasteiger partial charge on any atom is 0.413 e. The first-order valence-electron chi connectivity index (χ1n) is 24.7. The van der Waals surface area contributed by atoms with Crippen molar-refractivity contribution in [3.05, 3.63) is 47.7 Å². The summed E-state index contributed by atoms with van der Waals surface area (Å²) in [5.41, 5.74) is -0.893. The average Bonchev–Trinajstić information content (AvgIpc) is 3.93. The Morgan fingerprint density at radius 3 is 2.31 bits per heavy atom. The number of carbonyl (C=O) groups excluding carboxylic acids is 2. The summed E-state index contributed by atoms with van der Waals surface area (Å²) in [5.74, 6) is 0.570. The Morgan fingerprint density at radius 1 is 0.940 bits per heavy atom. The summed E-state index contributed by atoms with van der Waals surface area (Å²) in [5, 5.41) is 11.6. The summed E-state index contributed by atoms with van der Waals surface area (Å²) in [6.45, 7) is 5.61. The molecule has 2 aromatic heterocycles. The molecule has 15 heteroatoms. The van der Waals surface area contributed by atoms with Crippen molar-refractivity contribution in [2.24, 2.45) is 0 Å². The fourth-order valence-corrected chi connectivity index (χ4v) is 11.0. The molecule has 1 N–H and O–H groups in total. The number of phenolic OH excluding ortho intramolecular Hbond substituents is 1. The standard InChI is InChI=1S/C52H65F3N6O6/c1-4-6-7-8-9-10-11-12-13-14-15-16-17-19-44(63)66-34(3)67-51(64)61-37-21-22-38(61)32-59(31-37)49-42-29-56-47(41-27-39(62)26-35-20-23-43(54)40(5-2)45(35)41)46(55)48(42)57-50(58-49)65-33-52-24-18-25-60(52)30-36(53)28-52/h2,20,23,26-27,29,34,36-38,62H,4,6-19,21-22,24-25,28,30-33H2,1,3H3/t34?,36-,37+,38?,52+/m1/s1. The van der Waals surface area contributed by atoms with Crippen LogP contribution >= 0.6 is 0 Å². The number of unbranched alkanes of at least 4 members (excludes halogenated alkanes) is 12. The predicted octanol–water partition coefficient (Wildman–Crippen LogP) is 10.9. The van der Waals surface area contributed by atoms with Crippen molar-refractivity contribution in [2.45, 2.75) is 166 Å². The van der Waals surface area contributed by atoms with E-state index < -0.39 is 41.7 Å². The topological polar surface area (TPSA) is 130 Å². The summed E-state index contributed by atoms with van der Waals surface area (Å²) in [4.78, 5) is 46.1. The highest BCUT2D eigenvalue weighted by Crippen LogP contribution is 2.43. The van der Waals surface area contributed by atoms with Gasteiger partial charge < -0.3 is 24.2 Å². The van der Waals surface area contributed by atoms with Gasteiger partial charge in [0.2, 0.25) is 6.29 Å². The summed E-state index contributed by atoms with van der Waals surface area (Å²) in [6.07, 6.45) is 23.8. The van der Waals surface area contributed by atoms with E-state index in [-0.39, 0.29) is 70.0 Å². The number of pyridine rings is 1. The van der Waals surface area contributed by atoms with E-state index in [4.69, 9.17) is 25.6 Å². The highest BCUT2D eigenvalue weighted by molar-refractivity contribution is 6.03. The third-order valence-electron chi connectivity index (χ3n) is 14.4. The molecular formula is C52H65F3N6O6. The molecule has 6 heterocycles. The van der Waals surface area contributed by atoms with Gasteiger partial charge in [-0.3, -0.25) is 19.6 Å². The van der Waals surface area contributed by atoms with E-state index in [1.54, 1.807) is 11.8 Å². The number of carbonyl (C=O) groups is 2. The van der Waals surface area contributed by atoms with E-state index in [1.165, 1.54) is 94.7 Å². The zero-order chi connectivity index (χ0) is 47.1. The van der Waals surface area contributed by atoms with Gasteiger partial charge in [-0.25, -0.2) is 18.0 Å². The van der Waals surface area contributed by atoms with Crippen LogP contribution in [0.25, 0.3) is 32.9 Å². The van der Waals surface area contributed by atoms with Crippen LogP contribution in [0.1, 0.15) is 141 Å². The number of piperazine rings is 1. The van der Waals surface area contributed by atoms with E-state index in [2.05, 4.69) is 27.7 Å². The van der Waals surface area contributed by atoms with Gasteiger partial charge in [0.25, 0.3) is 0 Å². The lowest BCUT2D eigenvalue weighted by atomic mass is 9.95. The number of phenols is 1. The molecular weight excluding hydrogens is 862 g/mol. The van der Waals surface area contributed by atoms with Crippen LogP contribution in [0.4, 0.5) is 23.8 Å². The monoisotopic (exact) mass is 926 g/mol. The zero-order valence-corrected chi connectivity index (χ0v) is 39.0. The van der Waals surface area contributed by atoms with E-state index >= 15 is 8.78 Å². The number of ether oxygens (including phenoxy) is 3. The Morgan fingerprint density at radius 2 is 1.63 bits per heavy atom. The Balaban J connectivity index is 0.936. The summed E-state index contributed by atoms with van der Waals surface area (Å²) >= 11 is 0. The molecule has 360 valence electrons. The quantitative estimate of drug-likeness (QED) is 0.0371. The van der Waals surface area contributed by atoms with Crippen LogP contribution in [-0.2, 0) is 14.3 Å². The molecule has 12 nitrogen and oxygen atoms in total. The second-order valence-electron chi connectivity index (χ2n) is 19.2. The number of fused-ring (bicyclic) bond motifs is 5. The van der Waals surface area contributed by atoms with Gasteiger partial charge in [-0.05, 0) is 62.2 Å². The fraction of sp³-hybridized carbons (Fsp3) is 0.596.